The normalized spacial score (nSPS) is 9.95. The van der Waals surface area contributed by atoms with E-state index in [4.69, 9.17) is 4.74 Å². The first kappa shape index (κ1) is 13.0. The minimum Gasteiger partial charge on any atom is -0.488 e. The summed E-state index contributed by atoms with van der Waals surface area (Å²) >= 11 is 0. The molecule has 2 aromatic carbocycles. The fourth-order valence-corrected chi connectivity index (χ4v) is 1.71. The number of rotatable bonds is 5. The molecule has 0 N–H and O–H groups in total. The standard InChI is InChI=1S/C16H14O3/c1-12(18)14-7-8-15(10-17)16(9-14)19-11-13-5-3-2-4-6-13/h2-10H,11H2,1H3. The van der Waals surface area contributed by atoms with Crippen molar-refractivity contribution < 1.29 is 14.3 Å². The predicted octanol–water partition coefficient (Wildman–Crippen LogP) is 3.28. The third kappa shape index (κ3) is 3.28. The lowest BCUT2D eigenvalue weighted by Crippen LogP contribution is -2.00. The Bertz CT molecular complexity index is 588. The van der Waals surface area contributed by atoms with Crippen LogP contribution >= 0.6 is 0 Å². The summed E-state index contributed by atoms with van der Waals surface area (Å²) in [6, 6.07) is 14.5. The van der Waals surface area contributed by atoms with E-state index in [-0.39, 0.29) is 5.78 Å². The monoisotopic (exact) mass is 254 g/mol. The smallest absolute Gasteiger partial charge is 0.159 e. The van der Waals surface area contributed by atoms with Crippen molar-refractivity contribution in [2.24, 2.45) is 0 Å². The van der Waals surface area contributed by atoms with E-state index in [0.717, 1.165) is 11.8 Å². The highest BCUT2D eigenvalue weighted by Gasteiger charge is 2.07. The molecule has 0 aliphatic heterocycles. The first-order valence-corrected chi connectivity index (χ1v) is 5.97. The molecule has 0 radical (unpaired) electrons. The van der Waals surface area contributed by atoms with Gasteiger partial charge in [-0.2, -0.15) is 0 Å². The Morgan fingerprint density at radius 3 is 2.53 bits per heavy atom. The summed E-state index contributed by atoms with van der Waals surface area (Å²) in [4.78, 5) is 22.3. The minimum absolute atomic E-state index is 0.0537. The quantitative estimate of drug-likeness (QED) is 0.607. The van der Waals surface area contributed by atoms with Crippen LogP contribution in [0.3, 0.4) is 0 Å². The molecule has 0 amide bonds. The molecule has 0 aliphatic rings. The molecule has 96 valence electrons. The number of Topliss-reactive ketones (excluding diaryl/α,β-unsaturated/α-hetero) is 1. The van der Waals surface area contributed by atoms with E-state index in [1.54, 1.807) is 18.2 Å². The fraction of sp³-hybridized carbons (Fsp3) is 0.125. The summed E-state index contributed by atoms with van der Waals surface area (Å²) in [5, 5.41) is 0. The molecule has 0 aliphatic carbocycles. The maximum Gasteiger partial charge on any atom is 0.159 e. The molecular weight excluding hydrogens is 240 g/mol. The van der Waals surface area contributed by atoms with Gasteiger partial charge in [-0.15, -0.1) is 0 Å². The van der Waals surface area contributed by atoms with E-state index in [1.807, 2.05) is 30.3 Å². The van der Waals surface area contributed by atoms with Crippen LogP contribution in [0.4, 0.5) is 0 Å². The number of carbonyl (C=O) groups is 2. The van der Waals surface area contributed by atoms with E-state index in [2.05, 4.69) is 0 Å². The molecule has 0 aromatic heterocycles. The third-order valence-electron chi connectivity index (χ3n) is 2.78. The Morgan fingerprint density at radius 2 is 1.89 bits per heavy atom. The van der Waals surface area contributed by atoms with Crippen molar-refractivity contribution in [1.29, 1.82) is 0 Å². The molecule has 2 rings (SSSR count). The van der Waals surface area contributed by atoms with Gasteiger partial charge in [0.25, 0.3) is 0 Å². The van der Waals surface area contributed by atoms with Gasteiger partial charge in [0, 0.05) is 5.56 Å². The summed E-state index contributed by atoms with van der Waals surface area (Å²) in [7, 11) is 0. The Labute approximate surface area is 111 Å². The second kappa shape index (κ2) is 5.96. The van der Waals surface area contributed by atoms with Gasteiger partial charge in [0.05, 0.1) is 5.56 Å². The highest BCUT2D eigenvalue weighted by Crippen LogP contribution is 2.20. The Morgan fingerprint density at radius 1 is 1.16 bits per heavy atom. The summed E-state index contributed by atoms with van der Waals surface area (Å²) in [6.45, 7) is 1.85. The molecule has 2 aromatic rings. The van der Waals surface area contributed by atoms with Gasteiger partial charge in [0.1, 0.15) is 12.4 Å². The van der Waals surface area contributed by atoms with E-state index >= 15 is 0 Å². The molecule has 3 nitrogen and oxygen atoms in total. The van der Waals surface area contributed by atoms with Gasteiger partial charge in [0.2, 0.25) is 0 Å². The van der Waals surface area contributed by atoms with Crippen LogP contribution < -0.4 is 4.74 Å². The second-order valence-electron chi connectivity index (χ2n) is 4.20. The van der Waals surface area contributed by atoms with Gasteiger partial charge >= 0.3 is 0 Å². The lowest BCUT2D eigenvalue weighted by atomic mass is 10.1. The lowest BCUT2D eigenvalue weighted by Gasteiger charge is -2.09. The van der Waals surface area contributed by atoms with Crippen molar-refractivity contribution in [3.05, 3.63) is 65.2 Å². The van der Waals surface area contributed by atoms with Crippen molar-refractivity contribution in [2.45, 2.75) is 13.5 Å². The second-order valence-corrected chi connectivity index (χ2v) is 4.20. The molecule has 0 saturated carbocycles. The third-order valence-corrected chi connectivity index (χ3v) is 2.78. The number of aldehydes is 1. The molecule has 0 atom stereocenters. The van der Waals surface area contributed by atoms with Gasteiger partial charge in [-0.05, 0) is 24.6 Å². The molecule has 3 heteroatoms. The van der Waals surface area contributed by atoms with Gasteiger partial charge < -0.3 is 4.74 Å². The van der Waals surface area contributed by atoms with Crippen LogP contribution in [0.15, 0.2) is 48.5 Å². The van der Waals surface area contributed by atoms with E-state index < -0.39 is 0 Å². The van der Waals surface area contributed by atoms with Crippen molar-refractivity contribution in [3.63, 3.8) is 0 Å². The zero-order valence-corrected chi connectivity index (χ0v) is 10.6. The maximum atomic E-state index is 11.3. The number of benzene rings is 2. The first-order chi connectivity index (χ1) is 9.20. The SMILES string of the molecule is CC(=O)c1ccc(C=O)c(OCc2ccccc2)c1. The number of ether oxygens (including phenoxy) is 1. The van der Waals surface area contributed by atoms with Crippen molar-refractivity contribution in [2.75, 3.05) is 0 Å². The van der Waals surface area contributed by atoms with Crippen molar-refractivity contribution >= 4 is 12.1 Å². The number of ketones is 1. The summed E-state index contributed by atoms with van der Waals surface area (Å²) in [6.07, 6.45) is 0.726. The molecule has 19 heavy (non-hydrogen) atoms. The van der Waals surface area contributed by atoms with E-state index in [1.165, 1.54) is 6.92 Å². The van der Waals surface area contributed by atoms with Gasteiger partial charge in [-0.1, -0.05) is 36.4 Å². The Hall–Kier alpha value is -2.42. The minimum atomic E-state index is -0.0537. The maximum absolute atomic E-state index is 11.3. The molecular formula is C16H14O3. The molecule has 0 fully saturated rings. The Balaban J connectivity index is 2.20. The molecule has 0 saturated heterocycles. The van der Waals surface area contributed by atoms with Crippen LogP contribution in [-0.4, -0.2) is 12.1 Å². The molecule has 0 bridgehead atoms. The molecule has 0 heterocycles. The number of carbonyl (C=O) groups excluding carboxylic acids is 2. The van der Waals surface area contributed by atoms with Gasteiger partial charge in [-0.3, -0.25) is 9.59 Å². The summed E-state index contributed by atoms with van der Waals surface area (Å²) in [5.74, 6) is 0.383. The van der Waals surface area contributed by atoms with Crippen molar-refractivity contribution in [3.8, 4) is 5.75 Å². The zero-order valence-electron chi connectivity index (χ0n) is 10.6. The van der Waals surface area contributed by atoms with Crippen LogP contribution in [0.25, 0.3) is 0 Å². The summed E-state index contributed by atoms with van der Waals surface area (Å²) < 4.78 is 5.62. The highest BCUT2D eigenvalue weighted by atomic mass is 16.5. The Kier molecular flexibility index (Phi) is 4.08. The van der Waals surface area contributed by atoms with Crippen LogP contribution in [-0.2, 0) is 6.61 Å². The average molecular weight is 254 g/mol. The van der Waals surface area contributed by atoms with Gasteiger partial charge in [-0.25, -0.2) is 0 Å². The number of hydrogen-bond acceptors (Lipinski definition) is 3. The van der Waals surface area contributed by atoms with Gasteiger partial charge in [0.15, 0.2) is 12.1 Å². The predicted molar refractivity (Wildman–Crippen MR) is 72.6 cm³/mol. The summed E-state index contributed by atoms with van der Waals surface area (Å²) in [5.41, 5.74) is 1.99. The van der Waals surface area contributed by atoms with Crippen LogP contribution in [0, 0.1) is 0 Å². The zero-order chi connectivity index (χ0) is 13.7. The molecule has 0 spiro atoms. The largest absolute Gasteiger partial charge is 0.488 e. The number of hydrogen-bond donors (Lipinski definition) is 0. The highest BCUT2D eigenvalue weighted by molar-refractivity contribution is 5.95. The topological polar surface area (TPSA) is 43.4 Å². The first-order valence-electron chi connectivity index (χ1n) is 5.97. The van der Waals surface area contributed by atoms with E-state index in [9.17, 15) is 9.59 Å². The van der Waals surface area contributed by atoms with Crippen LogP contribution in [0.5, 0.6) is 5.75 Å². The molecule has 0 unspecified atom stereocenters. The average Bonchev–Trinajstić information content (AvgIpc) is 2.45. The van der Waals surface area contributed by atoms with Crippen molar-refractivity contribution in [1.82, 2.24) is 0 Å². The lowest BCUT2D eigenvalue weighted by molar-refractivity contribution is 0.101. The van der Waals surface area contributed by atoms with Crippen LogP contribution in [0.2, 0.25) is 0 Å². The van der Waals surface area contributed by atoms with E-state index in [0.29, 0.717) is 23.5 Å². The fourth-order valence-electron chi connectivity index (χ4n) is 1.71. The van der Waals surface area contributed by atoms with Crippen LogP contribution in [0.1, 0.15) is 33.2 Å².